The minimum atomic E-state index is 0.476. The van der Waals surface area contributed by atoms with Gasteiger partial charge in [-0.2, -0.15) is 4.52 Å². The third kappa shape index (κ3) is 1.00. The van der Waals surface area contributed by atoms with E-state index in [-0.39, 0.29) is 0 Å². The van der Waals surface area contributed by atoms with Crippen molar-refractivity contribution in [3.05, 3.63) is 23.5 Å². The van der Waals surface area contributed by atoms with Crippen LogP contribution in [-0.4, -0.2) is 21.7 Å². The standard InChI is InChI=1S/C7H6ClN3O/c1-12-7-3-2-6-9-4-5(8)11(6)10-7/h2-4H,1H3. The van der Waals surface area contributed by atoms with Gasteiger partial charge in [0, 0.05) is 6.07 Å². The average molecular weight is 184 g/mol. The minimum absolute atomic E-state index is 0.476. The normalized spacial score (nSPS) is 10.5. The summed E-state index contributed by atoms with van der Waals surface area (Å²) in [6.07, 6.45) is 1.54. The molecule has 2 rings (SSSR count). The summed E-state index contributed by atoms with van der Waals surface area (Å²) >= 11 is 5.78. The molecular weight excluding hydrogens is 178 g/mol. The summed E-state index contributed by atoms with van der Waals surface area (Å²) in [4.78, 5) is 4.01. The molecule has 0 saturated carbocycles. The monoisotopic (exact) mass is 183 g/mol. The summed E-state index contributed by atoms with van der Waals surface area (Å²) in [5.41, 5.74) is 0.709. The van der Waals surface area contributed by atoms with Gasteiger partial charge in [-0.15, -0.1) is 5.10 Å². The number of hydrogen-bond donors (Lipinski definition) is 0. The van der Waals surface area contributed by atoms with E-state index in [1.54, 1.807) is 25.4 Å². The molecular formula is C7H6ClN3O. The van der Waals surface area contributed by atoms with Crippen molar-refractivity contribution in [1.82, 2.24) is 14.6 Å². The molecule has 2 heterocycles. The molecule has 0 bridgehead atoms. The van der Waals surface area contributed by atoms with Gasteiger partial charge in [0.2, 0.25) is 5.88 Å². The zero-order valence-corrected chi connectivity index (χ0v) is 7.12. The van der Waals surface area contributed by atoms with E-state index in [1.807, 2.05) is 0 Å². The van der Waals surface area contributed by atoms with E-state index < -0.39 is 0 Å². The van der Waals surface area contributed by atoms with Crippen molar-refractivity contribution in [1.29, 1.82) is 0 Å². The molecule has 2 aromatic rings. The Kier molecular flexibility index (Phi) is 1.62. The first-order valence-electron chi connectivity index (χ1n) is 3.35. The van der Waals surface area contributed by atoms with Crippen LogP contribution in [0.2, 0.25) is 5.15 Å². The highest BCUT2D eigenvalue weighted by molar-refractivity contribution is 6.29. The van der Waals surface area contributed by atoms with E-state index in [2.05, 4.69) is 10.1 Å². The second-order valence-corrected chi connectivity index (χ2v) is 2.61. The van der Waals surface area contributed by atoms with Gasteiger partial charge in [0.05, 0.1) is 13.3 Å². The number of halogens is 1. The van der Waals surface area contributed by atoms with Crippen LogP contribution in [0.25, 0.3) is 5.65 Å². The number of imidazole rings is 1. The van der Waals surface area contributed by atoms with Crippen molar-refractivity contribution in [2.24, 2.45) is 0 Å². The Balaban J connectivity index is 2.71. The predicted molar refractivity (Wildman–Crippen MR) is 44.5 cm³/mol. The van der Waals surface area contributed by atoms with Crippen molar-refractivity contribution < 1.29 is 4.74 Å². The third-order valence-corrected chi connectivity index (χ3v) is 1.76. The van der Waals surface area contributed by atoms with Crippen LogP contribution in [0.5, 0.6) is 5.88 Å². The molecule has 62 valence electrons. The van der Waals surface area contributed by atoms with Gasteiger partial charge in [0.25, 0.3) is 0 Å². The molecule has 0 N–H and O–H groups in total. The molecule has 0 atom stereocenters. The number of fused-ring (bicyclic) bond motifs is 1. The predicted octanol–water partition coefficient (Wildman–Crippen LogP) is 1.39. The first-order chi connectivity index (χ1) is 5.81. The first-order valence-corrected chi connectivity index (χ1v) is 3.73. The Labute approximate surface area is 73.7 Å². The Morgan fingerprint density at radius 1 is 1.50 bits per heavy atom. The number of methoxy groups -OCH3 is 1. The molecule has 2 aromatic heterocycles. The smallest absolute Gasteiger partial charge is 0.231 e. The summed E-state index contributed by atoms with van der Waals surface area (Å²) in [6.45, 7) is 0. The fraction of sp³-hybridized carbons (Fsp3) is 0.143. The molecule has 0 amide bonds. The fourth-order valence-electron chi connectivity index (χ4n) is 0.937. The molecule has 12 heavy (non-hydrogen) atoms. The molecule has 0 fully saturated rings. The van der Waals surface area contributed by atoms with Gasteiger partial charge in [-0.3, -0.25) is 0 Å². The number of aromatic nitrogens is 3. The van der Waals surface area contributed by atoms with Crippen LogP contribution in [0.4, 0.5) is 0 Å². The summed E-state index contributed by atoms with van der Waals surface area (Å²) in [7, 11) is 1.55. The molecule has 5 heteroatoms. The summed E-state index contributed by atoms with van der Waals surface area (Å²) in [5.74, 6) is 0.516. The van der Waals surface area contributed by atoms with Crippen molar-refractivity contribution in [3.8, 4) is 5.88 Å². The molecule has 0 aliphatic carbocycles. The summed E-state index contributed by atoms with van der Waals surface area (Å²) in [5, 5.41) is 4.53. The molecule has 0 saturated heterocycles. The lowest BCUT2D eigenvalue weighted by molar-refractivity contribution is 0.390. The minimum Gasteiger partial charge on any atom is -0.480 e. The molecule has 0 aliphatic rings. The second kappa shape index (κ2) is 2.64. The fourth-order valence-corrected chi connectivity index (χ4v) is 1.11. The van der Waals surface area contributed by atoms with Gasteiger partial charge in [-0.05, 0) is 6.07 Å². The van der Waals surface area contributed by atoms with Crippen LogP contribution in [0.15, 0.2) is 18.3 Å². The lowest BCUT2D eigenvalue weighted by Gasteiger charge is -1.98. The Hall–Kier alpha value is -1.29. The van der Waals surface area contributed by atoms with Crippen molar-refractivity contribution in [2.45, 2.75) is 0 Å². The van der Waals surface area contributed by atoms with Gasteiger partial charge in [-0.1, -0.05) is 11.6 Å². The van der Waals surface area contributed by atoms with Crippen LogP contribution in [0.1, 0.15) is 0 Å². The van der Waals surface area contributed by atoms with Gasteiger partial charge in [-0.25, -0.2) is 4.98 Å². The lowest BCUT2D eigenvalue weighted by Crippen LogP contribution is -1.95. The zero-order valence-electron chi connectivity index (χ0n) is 6.36. The van der Waals surface area contributed by atoms with Crippen molar-refractivity contribution in [3.63, 3.8) is 0 Å². The molecule has 0 radical (unpaired) electrons. The van der Waals surface area contributed by atoms with Gasteiger partial charge in [0.15, 0.2) is 10.8 Å². The maximum absolute atomic E-state index is 5.78. The van der Waals surface area contributed by atoms with Crippen LogP contribution in [-0.2, 0) is 0 Å². The molecule has 0 spiro atoms. The quantitative estimate of drug-likeness (QED) is 0.671. The Bertz CT molecular complexity index is 412. The topological polar surface area (TPSA) is 39.4 Å². The number of ether oxygens (including phenoxy) is 1. The van der Waals surface area contributed by atoms with Crippen LogP contribution in [0, 0.1) is 0 Å². The number of nitrogens with zero attached hydrogens (tertiary/aromatic N) is 3. The van der Waals surface area contributed by atoms with E-state index in [0.717, 1.165) is 0 Å². The Morgan fingerprint density at radius 2 is 2.33 bits per heavy atom. The number of rotatable bonds is 1. The van der Waals surface area contributed by atoms with Crippen LogP contribution in [0.3, 0.4) is 0 Å². The average Bonchev–Trinajstić information content (AvgIpc) is 2.47. The van der Waals surface area contributed by atoms with Crippen molar-refractivity contribution >= 4 is 17.2 Å². The van der Waals surface area contributed by atoms with Gasteiger partial charge >= 0.3 is 0 Å². The SMILES string of the molecule is COc1ccc2ncc(Cl)n2n1. The van der Waals surface area contributed by atoms with E-state index >= 15 is 0 Å². The van der Waals surface area contributed by atoms with E-state index in [0.29, 0.717) is 16.7 Å². The lowest BCUT2D eigenvalue weighted by atomic mass is 10.5. The van der Waals surface area contributed by atoms with E-state index in [9.17, 15) is 0 Å². The Morgan fingerprint density at radius 3 is 3.08 bits per heavy atom. The molecule has 0 aliphatic heterocycles. The van der Waals surface area contributed by atoms with E-state index in [4.69, 9.17) is 16.3 Å². The maximum atomic E-state index is 5.78. The van der Waals surface area contributed by atoms with Gasteiger partial charge < -0.3 is 4.74 Å². The third-order valence-electron chi connectivity index (χ3n) is 1.51. The molecule has 4 nitrogen and oxygen atoms in total. The highest BCUT2D eigenvalue weighted by Gasteiger charge is 2.01. The first kappa shape index (κ1) is 7.36. The molecule has 0 unspecified atom stereocenters. The largest absolute Gasteiger partial charge is 0.480 e. The second-order valence-electron chi connectivity index (χ2n) is 2.23. The zero-order chi connectivity index (χ0) is 8.55. The van der Waals surface area contributed by atoms with Crippen LogP contribution < -0.4 is 4.74 Å². The highest BCUT2D eigenvalue weighted by atomic mass is 35.5. The summed E-state index contributed by atoms with van der Waals surface area (Å²) in [6, 6.07) is 3.52. The van der Waals surface area contributed by atoms with Crippen molar-refractivity contribution in [2.75, 3.05) is 7.11 Å². The summed E-state index contributed by atoms with van der Waals surface area (Å²) < 4.78 is 6.44. The van der Waals surface area contributed by atoms with Crippen LogP contribution >= 0.6 is 11.6 Å². The van der Waals surface area contributed by atoms with Gasteiger partial charge in [0.1, 0.15) is 0 Å². The number of hydrogen-bond acceptors (Lipinski definition) is 3. The maximum Gasteiger partial charge on any atom is 0.231 e. The molecule has 0 aromatic carbocycles. The highest BCUT2D eigenvalue weighted by Crippen LogP contribution is 2.13. The van der Waals surface area contributed by atoms with E-state index in [1.165, 1.54) is 4.52 Å².